The molecular formula is C10H13Br2NO4S. The van der Waals surface area contributed by atoms with Gasteiger partial charge in [0.05, 0.1) is 23.4 Å². The molecule has 0 saturated carbocycles. The first-order valence-corrected chi connectivity index (χ1v) is 8.35. The second kappa shape index (κ2) is 7.44. The molecular weight excluding hydrogens is 390 g/mol. The molecule has 0 atom stereocenters. The van der Waals surface area contributed by atoms with Crippen molar-refractivity contribution in [3.63, 3.8) is 0 Å². The van der Waals surface area contributed by atoms with E-state index < -0.39 is 10.0 Å². The lowest BCUT2D eigenvalue weighted by atomic mass is 10.3. The maximum absolute atomic E-state index is 10.6. The molecule has 1 aromatic carbocycles. The predicted molar refractivity (Wildman–Crippen MR) is 76.1 cm³/mol. The summed E-state index contributed by atoms with van der Waals surface area (Å²) >= 11 is 6.70. The van der Waals surface area contributed by atoms with Gasteiger partial charge in [-0.05, 0) is 34.1 Å². The van der Waals surface area contributed by atoms with Crippen LogP contribution < -0.4 is 9.88 Å². The summed E-state index contributed by atoms with van der Waals surface area (Å²) in [7, 11) is -3.45. The smallest absolute Gasteiger partial charge is 0.211 e. The number of ether oxygens (including phenoxy) is 2. The first kappa shape index (κ1) is 15.9. The molecule has 2 N–H and O–H groups in total. The van der Waals surface area contributed by atoms with Gasteiger partial charge in [-0.2, -0.15) is 0 Å². The molecule has 0 unspecified atom stereocenters. The molecule has 0 heterocycles. The molecule has 0 aliphatic rings. The third kappa shape index (κ3) is 6.69. The van der Waals surface area contributed by atoms with Crippen molar-refractivity contribution in [1.82, 2.24) is 0 Å². The van der Waals surface area contributed by atoms with Gasteiger partial charge in [0.2, 0.25) is 10.0 Å². The van der Waals surface area contributed by atoms with Crippen molar-refractivity contribution in [2.24, 2.45) is 5.14 Å². The van der Waals surface area contributed by atoms with Crippen LogP contribution in [-0.2, 0) is 14.8 Å². The predicted octanol–water partition coefficient (Wildman–Crippen LogP) is 1.90. The molecule has 0 fully saturated rings. The van der Waals surface area contributed by atoms with Gasteiger partial charge in [0.1, 0.15) is 12.4 Å². The molecule has 0 aliphatic heterocycles. The van der Waals surface area contributed by atoms with Crippen molar-refractivity contribution < 1.29 is 17.9 Å². The standard InChI is InChI=1S/C10H13Br2NO4S/c11-8-1-2-10(9(12)7-8)17-4-3-16-5-6-18(13,14)15/h1-2,7H,3-6H2,(H2,13,14,15). The molecule has 1 rings (SSSR count). The lowest BCUT2D eigenvalue weighted by Crippen LogP contribution is -2.21. The molecule has 0 saturated heterocycles. The number of hydrogen-bond donors (Lipinski definition) is 1. The van der Waals surface area contributed by atoms with Crippen LogP contribution in [-0.4, -0.2) is 34.0 Å². The molecule has 1 aromatic rings. The van der Waals surface area contributed by atoms with Gasteiger partial charge in [0.15, 0.2) is 0 Å². The minimum absolute atomic E-state index is 0.0731. The third-order valence-electron chi connectivity index (χ3n) is 1.89. The minimum Gasteiger partial charge on any atom is -0.490 e. The fourth-order valence-electron chi connectivity index (χ4n) is 1.08. The highest BCUT2D eigenvalue weighted by Gasteiger charge is 2.03. The van der Waals surface area contributed by atoms with E-state index in [-0.39, 0.29) is 12.4 Å². The highest BCUT2D eigenvalue weighted by Crippen LogP contribution is 2.27. The maximum Gasteiger partial charge on any atom is 0.211 e. The van der Waals surface area contributed by atoms with Gasteiger partial charge in [0.25, 0.3) is 0 Å². The summed E-state index contributed by atoms with van der Waals surface area (Å²) in [4.78, 5) is 0. The number of halogens is 2. The van der Waals surface area contributed by atoms with E-state index in [9.17, 15) is 8.42 Å². The Bertz CT molecular complexity index is 493. The number of primary sulfonamides is 1. The average Bonchev–Trinajstić information content (AvgIpc) is 2.24. The zero-order valence-electron chi connectivity index (χ0n) is 9.43. The summed E-state index contributed by atoms with van der Waals surface area (Å²) in [5, 5.41) is 4.83. The highest BCUT2D eigenvalue weighted by atomic mass is 79.9. The van der Waals surface area contributed by atoms with Crippen LogP contribution in [0.5, 0.6) is 5.75 Å². The molecule has 0 aliphatic carbocycles. The fraction of sp³-hybridized carbons (Fsp3) is 0.400. The quantitative estimate of drug-likeness (QED) is 0.706. The van der Waals surface area contributed by atoms with Gasteiger partial charge in [-0.1, -0.05) is 15.9 Å². The summed E-state index contributed by atoms with van der Waals surface area (Å²) in [6.45, 7) is 0.715. The Labute approximate surface area is 123 Å². The van der Waals surface area contributed by atoms with Gasteiger partial charge in [-0.15, -0.1) is 0 Å². The van der Waals surface area contributed by atoms with Crippen molar-refractivity contribution in [2.75, 3.05) is 25.6 Å². The molecule has 5 nitrogen and oxygen atoms in total. The number of benzene rings is 1. The lowest BCUT2D eigenvalue weighted by molar-refractivity contribution is 0.111. The normalized spacial score (nSPS) is 11.5. The van der Waals surface area contributed by atoms with E-state index in [0.717, 1.165) is 8.95 Å². The van der Waals surface area contributed by atoms with Gasteiger partial charge in [-0.25, -0.2) is 13.6 Å². The van der Waals surface area contributed by atoms with Crippen molar-refractivity contribution in [2.45, 2.75) is 0 Å². The van der Waals surface area contributed by atoms with Crippen LogP contribution in [0.25, 0.3) is 0 Å². The number of rotatable bonds is 7. The van der Waals surface area contributed by atoms with E-state index >= 15 is 0 Å². The summed E-state index contributed by atoms with van der Waals surface area (Å²) in [5.41, 5.74) is 0. The van der Waals surface area contributed by atoms with Gasteiger partial charge in [-0.3, -0.25) is 0 Å². The van der Waals surface area contributed by atoms with Crippen LogP contribution in [0.4, 0.5) is 0 Å². The average molecular weight is 403 g/mol. The Hall–Kier alpha value is -0.150. The van der Waals surface area contributed by atoms with Crippen molar-refractivity contribution in [3.8, 4) is 5.75 Å². The Morgan fingerprint density at radius 3 is 2.50 bits per heavy atom. The third-order valence-corrected chi connectivity index (χ3v) is 3.74. The van der Waals surface area contributed by atoms with E-state index in [1.165, 1.54) is 0 Å². The van der Waals surface area contributed by atoms with Crippen LogP contribution >= 0.6 is 31.9 Å². The van der Waals surface area contributed by atoms with E-state index in [2.05, 4.69) is 31.9 Å². The second-order valence-corrected chi connectivity index (χ2v) is 6.91. The van der Waals surface area contributed by atoms with Crippen LogP contribution in [0.3, 0.4) is 0 Å². The Morgan fingerprint density at radius 2 is 1.89 bits per heavy atom. The van der Waals surface area contributed by atoms with Crippen LogP contribution in [0, 0.1) is 0 Å². The molecule has 0 amide bonds. The Balaban J connectivity index is 2.22. The second-order valence-electron chi connectivity index (χ2n) is 3.40. The number of nitrogens with two attached hydrogens (primary N) is 1. The minimum atomic E-state index is -3.45. The molecule has 18 heavy (non-hydrogen) atoms. The van der Waals surface area contributed by atoms with E-state index in [1.807, 2.05) is 18.2 Å². The van der Waals surface area contributed by atoms with Crippen molar-refractivity contribution in [3.05, 3.63) is 27.1 Å². The van der Waals surface area contributed by atoms with Gasteiger partial charge in [0, 0.05) is 4.47 Å². The molecule has 8 heteroatoms. The summed E-state index contributed by atoms with van der Waals surface area (Å²) in [6.07, 6.45) is 0. The zero-order valence-corrected chi connectivity index (χ0v) is 13.4. The lowest BCUT2D eigenvalue weighted by Gasteiger charge is -2.08. The van der Waals surface area contributed by atoms with E-state index in [0.29, 0.717) is 19.0 Å². The monoisotopic (exact) mass is 401 g/mol. The maximum atomic E-state index is 10.6. The summed E-state index contributed by atoms with van der Waals surface area (Å²) < 4.78 is 33.6. The molecule has 0 spiro atoms. The van der Waals surface area contributed by atoms with Crippen LogP contribution in [0.1, 0.15) is 0 Å². The highest BCUT2D eigenvalue weighted by molar-refractivity contribution is 9.11. The first-order chi connectivity index (χ1) is 8.38. The number of hydrogen-bond acceptors (Lipinski definition) is 4. The molecule has 0 radical (unpaired) electrons. The Morgan fingerprint density at radius 1 is 1.17 bits per heavy atom. The molecule has 102 valence electrons. The van der Waals surface area contributed by atoms with Crippen molar-refractivity contribution in [1.29, 1.82) is 0 Å². The Kier molecular flexibility index (Phi) is 6.58. The molecule has 0 bridgehead atoms. The largest absolute Gasteiger partial charge is 0.490 e. The van der Waals surface area contributed by atoms with Crippen molar-refractivity contribution >= 4 is 41.9 Å². The van der Waals surface area contributed by atoms with Crippen LogP contribution in [0.15, 0.2) is 27.1 Å². The fourth-order valence-corrected chi connectivity index (χ4v) is 2.59. The summed E-state index contributed by atoms with van der Waals surface area (Å²) in [5.74, 6) is 0.517. The van der Waals surface area contributed by atoms with Gasteiger partial charge >= 0.3 is 0 Å². The first-order valence-electron chi connectivity index (χ1n) is 5.04. The van der Waals surface area contributed by atoms with E-state index in [1.54, 1.807) is 0 Å². The van der Waals surface area contributed by atoms with Crippen LogP contribution in [0.2, 0.25) is 0 Å². The topological polar surface area (TPSA) is 78.6 Å². The molecule has 0 aromatic heterocycles. The SMILES string of the molecule is NS(=O)(=O)CCOCCOc1ccc(Br)cc1Br. The number of sulfonamides is 1. The van der Waals surface area contributed by atoms with E-state index in [4.69, 9.17) is 14.6 Å². The zero-order chi connectivity index (χ0) is 13.6. The van der Waals surface area contributed by atoms with Gasteiger partial charge < -0.3 is 9.47 Å². The summed E-state index contributed by atoms with van der Waals surface area (Å²) in [6, 6.07) is 5.55.